The fourth-order valence-electron chi connectivity index (χ4n) is 1.54. The molecule has 16 heavy (non-hydrogen) atoms. The predicted octanol–water partition coefficient (Wildman–Crippen LogP) is 0.752. The van der Waals surface area contributed by atoms with Crippen molar-refractivity contribution in [3.63, 3.8) is 0 Å². The van der Waals surface area contributed by atoms with Crippen LogP contribution >= 0.6 is 0 Å². The molecule has 1 aromatic carbocycles. The second-order valence-corrected chi connectivity index (χ2v) is 4.10. The maximum absolute atomic E-state index is 12.7. The minimum atomic E-state index is -0.575. The zero-order valence-corrected chi connectivity index (χ0v) is 8.66. The molecule has 4 nitrogen and oxygen atoms in total. The van der Waals surface area contributed by atoms with Crippen molar-refractivity contribution >= 4 is 5.91 Å². The van der Waals surface area contributed by atoms with Gasteiger partial charge in [-0.25, -0.2) is 4.39 Å². The Bertz CT molecular complexity index is 430. The Labute approximate surface area is 92.3 Å². The van der Waals surface area contributed by atoms with E-state index in [1.54, 1.807) is 0 Å². The first-order valence-electron chi connectivity index (χ1n) is 5.07. The van der Waals surface area contributed by atoms with Gasteiger partial charge in [-0.3, -0.25) is 4.79 Å². The van der Waals surface area contributed by atoms with E-state index in [9.17, 15) is 14.3 Å². The van der Waals surface area contributed by atoms with Gasteiger partial charge in [0.15, 0.2) is 0 Å². The number of amides is 1. The molecule has 1 amide bonds. The molecule has 86 valence electrons. The summed E-state index contributed by atoms with van der Waals surface area (Å²) in [5, 5.41) is 12.2. The molecule has 1 aliphatic carbocycles. The van der Waals surface area contributed by atoms with E-state index >= 15 is 0 Å². The van der Waals surface area contributed by atoms with Gasteiger partial charge in [0.2, 0.25) is 0 Å². The topological polar surface area (TPSA) is 75.3 Å². The monoisotopic (exact) mass is 224 g/mol. The van der Waals surface area contributed by atoms with E-state index in [0.717, 1.165) is 25.0 Å². The largest absolute Gasteiger partial charge is 0.507 e. The molecule has 0 spiro atoms. The van der Waals surface area contributed by atoms with Crippen molar-refractivity contribution < 1.29 is 14.3 Å². The molecule has 0 atom stereocenters. The van der Waals surface area contributed by atoms with Crippen LogP contribution in [0.4, 0.5) is 4.39 Å². The lowest BCUT2D eigenvalue weighted by molar-refractivity contribution is 0.0930. The highest BCUT2D eigenvalue weighted by atomic mass is 19.1. The van der Waals surface area contributed by atoms with Crippen LogP contribution in [0.15, 0.2) is 18.2 Å². The molecule has 0 bridgehead atoms. The number of nitrogens with one attached hydrogen (secondary N) is 1. The predicted molar refractivity (Wildman–Crippen MR) is 56.6 cm³/mol. The van der Waals surface area contributed by atoms with E-state index in [4.69, 9.17) is 5.73 Å². The Morgan fingerprint density at radius 2 is 2.25 bits per heavy atom. The molecule has 1 fully saturated rings. The van der Waals surface area contributed by atoms with Crippen molar-refractivity contribution in [3.8, 4) is 5.75 Å². The molecular weight excluding hydrogens is 211 g/mol. The Kier molecular flexibility index (Phi) is 2.55. The van der Waals surface area contributed by atoms with Crippen molar-refractivity contribution in [1.82, 2.24) is 5.32 Å². The number of carbonyl (C=O) groups excluding carboxylic acids is 1. The molecule has 1 saturated carbocycles. The van der Waals surface area contributed by atoms with Gasteiger partial charge in [0.05, 0.1) is 11.1 Å². The van der Waals surface area contributed by atoms with Gasteiger partial charge in [-0.15, -0.1) is 0 Å². The fraction of sp³-hybridized carbons (Fsp3) is 0.364. The van der Waals surface area contributed by atoms with Crippen molar-refractivity contribution in [2.45, 2.75) is 18.4 Å². The minimum absolute atomic E-state index is 0.0705. The van der Waals surface area contributed by atoms with Crippen LogP contribution in [0.5, 0.6) is 5.75 Å². The molecule has 0 aromatic heterocycles. The first-order chi connectivity index (χ1) is 7.56. The lowest BCUT2D eigenvalue weighted by atomic mass is 10.1. The van der Waals surface area contributed by atoms with Gasteiger partial charge >= 0.3 is 0 Å². The highest BCUT2D eigenvalue weighted by molar-refractivity contribution is 5.97. The Hall–Kier alpha value is -1.62. The smallest absolute Gasteiger partial charge is 0.255 e. The Balaban J connectivity index is 2.15. The van der Waals surface area contributed by atoms with Gasteiger partial charge in [0.25, 0.3) is 5.91 Å². The SMILES string of the molecule is NCC1(NC(=O)c2ccc(F)cc2O)CC1. The third kappa shape index (κ3) is 1.99. The Morgan fingerprint density at radius 3 is 2.75 bits per heavy atom. The summed E-state index contributed by atoms with van der Waals surface area (Å²) in [4.78, 5) is 11.7. The van der Waals surface area contributed by atoms with Crippen molar-refractivity contribution in [1.29, 1.82) is 0 Å². The van der Waals surface area contributed by atoms with Crippen LogP contribution in [0.3, 0.4) is 0 Å². The molecule has 0 unspecified atom stereocenters. The third-order valence-electron chi connectivity index (χ3n) is 2.83. The zero-order valence-electron chi connectivity index (χ0n) is 8.66. The molecule has 0 aliphatic heterocycles. The number of benzene rings is 1. The van der Waals surface area contributed by atoms with Crippen molar-refractivity contribution in [2.75, 3.05) is 6.54 Å². The van der Waals surface area contributed by atoms with Gasteiger partial charge in [-0.1, -0.05) is 0 Å². The van der Waals surface area contributed by atoms with E-state index in [-0.39, 0.29) is 16.9 Å². The first kappa shape index (κ1) is 10.9. The number of nitrogens with two attached hydrogens (primary N) is 1. The van der Waals surface area contributed by atoms with Gasteiger partial charge in [0, 0.05) is 12.6 Å². The van der Waals surface area contributed by atoms with Crippen LogP contribution in [0.2, 0.25) is 0 Å². The number of halogens is 1. The fourth-order valence-corrected chi connectivity index (χ4v) is 1.54. The first-order valence-corrected chi connectivity index (χ1v) is 5.07. The molecular formula is C11H13FN2O2. The van der Waals surface area contributed by atoms with Gasteiger partial charge in [0.1, 0.15) is 11.6 Å². The van der Waals surface area contributed by atoms with Crippen LogP contribution in [0.1, 0.15) is 23.2 Å². The highest BCUT2D eigenvalue weighted by Crippen LogP contribution is 2.34. The number of phenolic OH excluding ortho intramolecular Hbond substituents is 1. The maximum Gasteiger partial charge on any atom is 0.255 e. The minimum Gasteiger partial charge on any atom is -0.507 e. The molecule has 0 radical (unpaired) electrons. The number of phenols is 1. The van der Waals surface area contributed by atoms with Gasteiger partial charge in [-0.2, -0.15) is 0 Å². The van der Waals surface area contributed by atoms with Gasteiger partial charge < -0.3 is 16.2 Å². The van der Waals surface area contributed by atoms with Gasteiger partial charge in [-0.05, 0) is 25.0 Å². The van der Waals surface area contributed by atoms with Crippen molar-refractivity contribution in [2.24, 2.45) is 5.73 Å². The maximum atomic E-state index is 12.7. The van der Waals surface area contributed by atoms with Crippen LogP contribution in [0, 0.1) is 5.82 Å². The molecule has 1 aliphatic rings. The molecule has 0 heterocycles. The van der Waals surface area contributed by atoms with Crippen LogP contribution < -0.4 is 11.1 Å². The summed E-state index contributed by atoms with van der Waals surface area (Å²) < 4.78 is 12.7. The van der Waals surface area contributed by atoms with E-state index in [0.29, 0.717) is 6.54 Å². The second kappa shape index (κ2) is 3.75. The summed E-state index contributed by atoms with van der Waals surface area (Å²) in [6.07, 6.45) is 1.69. The summed E-state index contributed by atoms with van der Waals surface area (Å²) in [5.41, 5.74) is 5.27. The molecule has 0 saturated heterocycles. The second-order valence-electron chi connectivity index (χ2n) is 4.10. The summed E-state index contributed by atoms with van der Waals surface area (Å²) in [7, 11) is 0. The lowest BCUT2D eigenvalue weighted by Crippen LogP contribution is -2.42. The standard InChI is InChI=1S/C11H13FN2O2/c12-7-1-2-8(9(15)5-7)10(16)14-11(6-13)3-4-11/h1-2,5,15H,3-4,6,13H2,(H,14,16). The van der Waals surface area contributed by atoms with E-state index < -0.39 is 11.7 Å². The molecule has 1 aromatic rings. The van der Waals surface area contributed by atoms with E-state index in [2.05, 4.69) is 5.32 Å². The lowest BCUT2D eigenvalue weighted by Gasteiger charge is -2.15. The van der Waals surface area contributed by atoms with Crippen LogP contribution in [-0.4, -0.2) is 23.1 Å². The van der Waals surface area contributed by atoms with E-state index in [1.807, 2.05) is 0 Å². The van der Waals surface area contributed by atoms with Crippen molar-refractivity contribution in [3.05, 3.63) is 29.6 Å². The van der Waals surface area contributed by atoms with Crippen LogP contribution in [-0.2, 0) is 0 Å². The third-order valence-corrected chi connectivity index (χ3v) is 2.83. The zero-order chi connectivity index (χ0) is 11.8. The number of hydrogen-bond donors (Lipinski definition) is 3. The molecule has 4 N–H and O–H groups in total. The number of carbonyl (C=O) groups is 1. The molecule has 2 rings (SSSR count). The summed E-state index contributed by atoms with van der Waals surface area (Å²) in [6.45, 7) is 0.376. The number of hydrogen-bond acceptors (Lipinski definition) is 3. The van der Waals surface area contributed by atoms with E-state index in [1.165, 1.54) is 6.07 Å². The quantitative estimate of drug-likeness (QED) is 0.709. The normalized spacial score (nSPS) is 16.9. The summed E-state index contributed by atoms with van der Waals surface area (Å²) in [5.74, 6) is -1.35. The molecule has 5 heteroatoms. The number of aromatic hydroxyl groups is 1. The summed E-state index contributed by atoms with van der Waals surface area (Å²) >= 11 is 0. The summed E-state index contributed by atoms with van der Waals surface area (Å²) in [6, 6.07) is 3.31. The number of rotatable bonds is 3. The van der Waals surface area contributed by atoms with Crippen LogP contribution in [0.25, 0.3) is 0 Å². The average molecular weight is 224 g/mol. The Morgan fingerprint density at radius 1 is 1.56 bits per heavy atom. The average Bonchev–Trinajstić information content (AvgIpc) is 2.98. The highest BCUT2D eigenvalue weighted by Gasteiger charge is 2.42.